The van der Waals surface area contributed by atoms with Gasteiger partial charge in [-0.05, 0) is 32.0 Å². The molecular formula is C15H22FN3O. The van der Waals surface area contributed by atoms with E-state index >= 15 is 0 Å². The van der Waals surface area contributed by atoms with Crippen LogP contribution in [0.2, 0.25) is 0 Å². The van der Waals surface area contributed by atoms with E-state index in [1.54, 1.807) is 13.1 Å². The third-order valence-corrected chi connectivity index (χ3v) is 3.85. The Morgan fingerprint density at radius 1 is 1.45 bits per heavy atom. The highest BCUT2D eigenvalue weighted by Crippen LogP contribution is 2.31. The zero-order valence-corrected chi connectivity index (χ0v) is 11.9. The molecule has 0 saturated heterocycles. The van der Waals surface area contributed by atoms with Crippen LogP contribution in [0.25, 0.3) is 0 Å². The van der Waals surface area contributed by atoms with Crippen LogP contribution in [0, 0.1) is 5.82 Å². The van der Waals surface area contributed by atoms with E-state index in [0.717, 1.165) is 31.4 Å². The summed E-state index contributed by atoms with van der Waals surface area (Å²) in [7, 11) is 1.78. The number of rotatable bonds is 6. The van der Waals surface area contributed by atoms with Gasteiger partial charge in [0.1, 0.15) is 5.82 Å². The number of nitrogens with two attached hydrogens (primary N) is 1. The number of primary amides is 1. The topological polar surface area (TPSA) is 58.4 Å². The maximum atomic E-state index is 14.0. The first-order chi connectivity index (χ1) is 9.63. The van der Waals surface area contributed by atoms with Gasteiger partial charge in [0.05, 0.1) is 6.54 Å². The molecule has 1 aliphatic rings. The first-order valence-corrected chi connectivity index (χ1v) is 7.10. The molecule has 1 fully saturated rings. The molecule has 1 amide bonds. The smallest absolute Gasteiger partial charge is 0.236 e. The second-order valence-corrected chi connectivity index (χ2v) is 5.30. The van der Waals surface area contributed by atoms with Crippen LogP contribution in [0.4, 0.5) is 10.1 Å². The van der Waals surface area contributed by atoms with E-state index in [2.05, 4.69) is 5.32 Å². The van der Waals surface area contributed by atoms with E-state index in [0.29, 0.717) is 12.1 Å². The van der Waals surface area contributed by atoms with Crippen molar-refractivity contribution in [3.05, 3.63) is 29.6 Å². The molecule has 110 valence electrons. The van der Waals surface area contributed by atoms with Gasteiger partial charge in [0.25, 0.3) is 0 Å². The molecule has 0 atom stereocenters. The zero-order chi connectivity index (χ0) is 14.5. The molecule has 20 heavy (non-hydrogen) atoms. The number of carbonyl (C=O) groups excluding carboxylic acids is 1. The molecule has 0 aliphatic heterocycles. The van der Waals surface area contributed by atoms with Crippen molar-refractivity contribution in [3.63, 3.8) is 0 Å². The van der Waals surface area contributed by atoms with Crippen LogP contribution in [-0.4, -0.2) is 25.5 Å². The lowest BCUT2D eigenvalue weighted by molar-refractivity contribution is -0.116. The summed E-state index contributed by atoms with van der Waals surface area (Å²) in [4.78, 5) is 13.3. The monoisotopic (exact) mass is 279 g/mol. The number of nitrogens with zero attached hydrogens (tertiary/aromatic N) is 1. The van der Waals surface area contributed by atoms with Crippen LogP contribution in [0.15, 0.2) is 18.2 Å². The molecule has 0 aromatic heterocycles. The molecular weight excluding hydrogens is 257 g/mol. The zero-order valence-electron chi connectivity index (χ0n) is 11.9. The summed E-state index contributed by atoms with van der Waals surface area (Å²) >= 11 is 0. The minimum absolute atomic E-state index is 0.144. The number of benzene rings is 1. The second kappa shape index (κ2) is 6.70. The number of halogens is 1. The largest absolute Gasteiger partial charge is 0.368 e. The number of anilines is 1. The number of hydrogen-bond acceptors (Lipinski definition) is 3. The summed E-state index contributed by atoms with van der Waals surface area (Å²) < 4.78 is 14.0. The average Bonchev–Trinajstić information content (AvgIpc) is 2.92. The molecule has 5 heteroatoms. The standard InChI is InChI=1S/C15H22FN3O/c1-18-9-12-13(16)7-4-8-14(12)19(10-15(17)20)11-5-2-3-6-11/h4,7-8,11,18H,2-3,5-6,9-10H2,1H3,(H2,17,20). The Morgan fingerprint density at radius 2 is 2.15 bits per heavy atom. The van der Waals surface area contributed by atoms with Crippen molar-refractivity contribution >= 4 is 11.6 Å². The van der Waals surface area contributed by atoms with Gasteiger partial charge < -0.3 is 16.0 Å². The third-order valence-electron chi connectivity index (χ3n) is 3.85. The molecule has 0 unspecified atom stereocenters. The van der Waals surface area contributed by atoms with Crippen LogP contribution in [0.1, 0.15) is 31.2 Å². The van der Waals surface area contributed by atoms with Crippen LogP contribution < -0.4 is 16.0 Å². The van der Waals surface area contributed by atoms with E-state index in [9.17, 15) is 9.18 Å². The summed E-state index contributed by atoms with van der Waals surface area (Å²) in [6, 6.07) is 5.29. The number of carbonyl (C=O) groups is 1. The minimum Gasteiger partial charge on any atom is -0.368 e. The van der Waals surface area contributed by atoms with Crippen molar-refractivity contribution in [2.75, 3.05) is 18.5 Å². The van der Waals surface area contributed by atoms with E-state index in [-0.39, 0.29) is 24.3 Å². The third kappa shape index (κ3) is 3.28. The van der Waals surface area contributed by atoms with Crippen LogP contribution in [0.3, 0.4) is 0 Å². The Hall–Kier alpha value is -1.62. The van der Waals surface area contributed by atoms with Crippen LogP contribution >= 0.6 is 0 Å². The van der Waals surface area contributed by atoms with Crippen molar-refractivity contribution in [3.8, 4) is 0 Å². The predicted molar refractivity (Wildman–Crippen MR) is 78.0 cm³/mol. The van der Waals surface area contributed by atoms with E-state index in [4.69, 9.17) is 5.73 Å². The molecule has 0 radical (unpaired) electrons. The second-order valence-electron chi connectivity index (χ2n) is 5.30. The fraction of sp³-hybridized carbons (Fsp3) is 0.533. The summed E-state index contributed by atoms with van der Waals surface area (Å²) in [5.74, 6) is -0.624. The normalized spacial score (nSPS) is 15.5. The van der Waals surface area contributed by atoms with E-state index in [1.807, 2.05) is 11.0 Å². The maximum absolute atomic E-state index is 14.0. The van der Waals surface area contributed by atoms with Gasteiger partial charge in [0.15, 0.2) is 0 Å². The van der Waals surface area contributed by atoms with Gasteiger partial charge in [-0.3, -0.25) is 4.79 Å². The number of nitrogens with one attached hydrogen (secondary N) is 1. The molecule has 4 nitrogen and oxygen atoms in total. The number of amides is 1. The lowest BCUT2D eigenvalue weighted by Crippen LogP contribution is -2.41. The molecule has 0 heterocycles. The molecule has 1 aromatic rings. The Balaban J connectivity index is 2.36. The highest BCUT2D eigenvalue weighted by Gasteiger charge is 2.26. The van der Waals surface area contributed by atoms with Crippen molar-refractivity contribution in [1.82, 2.24) is 5.32 Å². The van der Waals surface area contributed by atoms with Crippen LogP contribution in [0.5, 0.6) is 0 Å². The minimum atomic E-state index is -0.378. The predicted octanol–water partition coefficient (Wildman–Crippen LogP) is 1.78. The molecule has 0 bridgehead atoms. The van der Waals surface area contributed by atoms with E-state index in [1.165, 1.54) is 6.07 Å². The highest BCUT2D eigenvalue weighted by atomic mass is 19.1. The fourth-order valence-corrected chi connectivity index (χ4v) is 2.96. The quantitative estimate of drug-likeness (QED) is 0.834. The Bertz CT molecular complexity index is 472. The first-order valence-electron chi connectivity index (χ1n) is 7.10. The van der Waals surface area contributed by atoms with Crippen molar-refractivity contribution in [2.24, 2.45) is 5.73 Å². The fourth-order valence-electron chi connectivity index (χ4n) is 2.96. The molecule has 3 N–H and O–H groups in total. The summed E-state index contributed by atoms with van der Waals surface area (Å²) in [6.45, 7) is 0.578. The summed E-state index contributed by atoms with van der Waals surface area (Å²) in [5, 5.41) is 2.98. The average molecular weight is 279 g/mol. The SMILES string of the molecule is CNCc1c(F)cccc1N(CC(N)=O)C1CCCC1. The van der Waals surface area contributed by atoms with Gasteiger partial charge >= 0.3 is 0 Å². The van der Waals surface area contributed by atoms with Gasteiger partial charge in [-0.1, -0.05) is 18.9 Å². The van der Waals surface area contributed by atoms with Gasteiger partial charge in [-0.15, -0.1) is 0 Å². The van der Waals surface area contributed by atoms with Crippen molar-refractivity contribution in [1.29, 1.82) is 0 Å². The van der Waals surface area contributed by atoms with Gasteiger partial charge in [-0.2, -0.15) is 0 Å². The van der Waals surface area contributed by atoms with Gasteiger partial charge in [-0.25, -0.2) is 4.39 Å². The molecule has 1 aromatic carbocycles. The first kappa shape index (κ1) is 14.8. The summed E-state index contributed by atoms with van der Waals surface area (Å²) in [5.41, 5.74) is 6.75. The van der Waals surface area contributed by atoms with Gasteiger partial charge in [0, 0.05) is 23.8 Å². The molecule has 0 spiro atoms. The lowest BCUT2D eigenvalue weighted by Gasteiger charge is -2.32. The van der Waals surface area contributed by atoms with Crippen molar-refractivity contribution in [2.45, 2.75) is 38.3 Å². The lowest BCUT2D eigenvalue weighted by atomic mass is 10.1. The Labute approximate surface area is 119 Å². The molecule has 1 aliphatic carbocycles. The Morgan fingerprint density at radius 3 is 2.75 bits per heavy atom. The Kier molecular flexibility index (Phi) is 4.95. The molecule has 2 rings (SSSR count). The highest BCUT2D eigenvalue weighted by molar-refractivity contribution is 5.80. The van der Waals surface area contributed by atoms with Crippen LogP contribution in [-0.2, 0) is 11.3 Å². The maximum Gasteiger partial charge on any atom is 0.236 e. The van der Waals surface area contributed by atoms with Gasteiger partial charge in [0.2, 0.25) is 5.91 Å². The van der Waals surface area contributed by atoms with Crippen molar-refractivity contribution < 1.29 is 9.18 Å². The number of hydrogen-bond donors (Lipinski definition) is 2. The van der Waals surface area contributed by atoms with E-state index < -0.39 is 0 Å². The molecule has 1 saturated carbocycles. The summed E-state index contributed by atoms with van der Waals surface area (Å²) in [6.07, 6.45) is 4.36.